The molecule has 0 saturated heterocycles. The fourth-order valence-electron chi connectivity index (χ4n) is 4.99. The molecule has 0 spiro atoms. The van der Waals surface area contributed by atoms with Crippen molar-refractivity contribution in [2.24, 2.45) is 5.92 Å². The van der Waals surface area contributed by atoms with Gasteiger partial charge in [-0.3, -0.25) is 0 Å². The Morgan fingerprint density at radius 3 is 2.06 bits per heavy atom. The predicted molar refractivity (Wildman–Crippen MR) is 122 cm³/mol. The maximum absolute atomic E-state index is 15.4. The molecule has 0 amide bonds. The van der Waals surface area contributed by atoms with Crippen molar-refractivity contribution in [3.8, 4) is 22.6 Å². The molecule has 35 heavy (non-hydrogen) atoms. The Balaban J connectivity index is 1.78. The second kappa shape index (κ2) is 10.3. The third kappa shape index (κ3) is 4.91. The molecule has 0 aromatic heterocycles. The molecule has 3 aromatic rings. The van der Waals surface area contributed by atoms with E-state index >= 15 is 8.78 Å². The van der Waals surface area contributed by atoms with Crippen molar-refractivity contribution in [1.82, 2.24) is 0 Å². The summed E-state index contributed by atoms with van der Waals surface area (Å²) in [5, 5.41) is 0. The van der Waals surface area contributed by atoms with Crippen LogP contribution in [0.2, 0.25) is 0 Å². The van der Waals surface area contributed by atoms with Crippen molar-refractivity contribution in [3.63, 3.8) is 0 Å². The van der Waals surface area contributed by atoms with Crippen LogP contribution in [0, 0.1) is 47.7 Å². The van der Waals surface area contributed by atoms with Crippen molar-refractivity contribution >= 4 is 0 Å². The highest BCUT2D eigenvalue weighted by molar-refractivity contribution is 5.71. The number of hydrogen-bond donors (Lipinski definition) is 0. The average molecular weight is 493 g/mol. The molecule has 0 N–H and O–H groups in total. The summed E-state index contributed by atoms with van der Waals surface area (Å²) in [5.74, 6) is -8.23. The van der Waals surface area contributed by atoms with E-state index in [0.717, 1.165) is 44.7 Å². The fourth-order valence-corrected chi connectivity index (χ4v) is 4.99. The van der Waals surface area contributed by atoms with E-state index in [1.165, 1.54) is 12.1 Å². The van der Waals surface area contributed by atoms with Crippen molar-refractivity contribution in [2.75, 3.05) is 0 Å². The lowest BCUT2D eigenvalue weighted by Crippen LogP contribution is -2.17. The van der Waals surface area contributed by atoms with Crippen LogP contribution in [0.5, 0.6) is 11.5 Å². The zero-order valence-electron chi connectivity index (χ0n) is 19.5. The van der Waals surface area contributed by atoms with Gasteiger partial charge in [-0.25, -0.2) is 26.3 Å². The van der Waals surface area contributed by atoms with Crippen LogP contribution >= 0.6 is 0 Å². The van der Waals surface area contributed by atoms with E-state index in [4.69, 9.17) is 4.74 Å². The van der Waals surface area contributed by atoms with Crippen molar-refractivity contribution in [1.29, 1.82) is 0 Å². The van der Waals surface area contributed by atoms with Crippen LogP contribution in [-0.4, -0.2) is 0 Å². The Hall–Kier alpha value is -2.96. The summed E-state index contributed by atoms with van der Waals surface area (Å²) in [6, 6.07) is 7.58. The summed E-state index contributed by atoms with van der Waals surface area (Å²) in [4.78, 5) is 0. The maximum Gasteiger partial charge on any atom is 0.194 e. The third-order valence-corrected chi connectivity index (χ3v) is 6.88. The van der Waals surface area contributed by atoms with E-state index in [0.29, 0.717) is 18.8 Å². The molecule has 1 aliphatic carbocycles. The molecule has 1 saturated carbocycles. The first kappa shape index (κ1) is 25.1. The fraction of sp³-hybridized carbons (Fsp3) is 0.357. The van der Waals surface area contributed by atoms with Crippen LogP contribution in [0.25, 0.3) is 11.1 Å². The van der Waals surface area contributed by atoms with Gasteiger partial charge < -0.3 is 4.74 Å². The lowest BCUT2D eigenvalue weighted by atomic mass is 9.76. The second-order valence-electron chi connectivity index (χ2n) is 9.17. The van der Waals surface area contributed by atoms with Gasteiger partial charge in [0, 0.05) is 16.7 Å². The highest BCUT2D eigenvalue weighted by Crippen LogP contribution is 2.46. The highest BCUT2D eigenvalue weighted by Gasteiger charge is 2.32. The SMILES string of the molecule is CCCC1CCC(c2c(F)c(F)c(C)c(F)c2Oc2ccccc2-c2cc(F)c(F)c(F)c2)CC1. The Kier molecular flexibility index (Phi) is 7.43. The zero-order valence-corrected chi connectivity index (χ0v) is 19.5. The monoisotopic (exact) mass is 492 g/mol. The van der Waals surface area contributed by atoms with E-state index in [9.17, 15) is 17.6 Å². The van der Waals surface area contributed by atoms with Gasteiger partial charge in [0.1, 0.15) is 5.75 Å². The molecule has 0 heterocycles. The van der Waals surface area contributed by atoms with E-state index in [1.807, 2.05) is 0 Å². The number of benzene rings is 3. The summed E-state index contributed by atoms with van der Waals surface area (Å²) in [6.45, 7) is 3.22. The highest BCUT2D eigenvalue weighted by atomic mass is 19.2. The van der Waals surface area contributed by atoms with Gasteiger partial charge in [0.05, 0.1) is 0 Å². The number of ether oxygens (including phenoxy) is 1. The molecular formula is C28H26F6O. The molecule has 1 aliphatic rings. The molecule has 3 aromatic carbocycles. The molecular weight excluding hydrogens is 466 g/mol. The zero-order chi connectivity index (χ0) is 25.3. The van der Waals surface area contributed by atoms with E-state index < -0.39 is 52.1 Å². The van der Waals surface area contributed by atoms with Crippen molar-refractivity contribution < 1.29 is 31.1 Å². The minimum absolute atomic E-state index is 0.0249. The molecule has 0 radical (unpaired) electrons. The lowest BCUT2D eigenvalue weighted by Gasteiger charge is -2.30. The van der Waals surface area contributed by atoms with Gasteiger partial charge in [0.15, 0.2) is 40.7 Å². The molecule has 186 valence electrons. The molecule has 1 fully saturated rings. The number of rotatable bonds is 6. The first-order valence-electron chi connectivity index (χ1n) is 11.8. The second-order valence-corrected chi connectivity index (χ2v) is 9.17. The van der Waals surface area contributed by atoms with Gasteiger partial charge in [0.25, 0.3) is 0 Å². The molecule has 0 atom stereocenters. The smallest absolute Gasteiger partial charge is 0.194 e. The first-order valence-corrected chi connectivity index (χ1v) is 11.8. The van der Waals surface area contributed by atoms with Gasteiger partial charge in [-0.05, 0) is 68.2 Å². The van der Waals surface area contributed by atoms with Crippen LogP contribution in [0.4, 0.5) is 26.3 Å². The Morgan fingerprint density at radius 1 is 0.800 bits per heavy atom. The van der Waals surface area contributed by atoms with E-state index in [2.05, 4.69) is 6.92 Å². The standard InChI is InChI=1S/C28H26F6O/c1-3-6-16-9-11-17(12-10-16)23-27(34)24(31)15(2)25(32)28(23)35-22-8-5-4-7-19(22)18-13-20(29)26(33)21(30)14-18/h4-5,7-8,13-14,16-17H,3,6,9-12H2,1-2H3. The van der Waals surface area contributed by atoms with Gasteiger partial charge >= 0.3 is 0 Å². The molecule has 4 rings (SSSR count). The summed E-state index contributed by atoms with van der Waals surface area (Å²) in [6.07, 6.45) is 4.85. The first-order chi connectivity index (χ1) is 16.7. The van der Waals surface area contributed by atoms with E-state index in [1.54, 1.807) is 12.1 Å². The van der Waals surface area contributed by atoms with Crippen molar-refractivity contribution in [2.45, 2.75) is 58.3 Å². The maximum atomic E-state index is 15.4. The van der Waals surface area contributed by atoms with Crippen LogP contribution in [0.1, 0.15) is 62.5 Å². The Labute approximate surface area is 200 Å². The van der Waals surface area contributed by atoms with Crippen LogP contribution < -0.4 is 4.74 Å². The largest absolute Gasteiger partial charge is 0.453 e. The van der Waals surface area contributed by atoms with Gasteiger partial charge in [-0.2, -0.15) is 0 Å². The predicted octanol–water partition coefficient (Wildman–Crippen LogP) is 9.36. The molecule has 0 unspecified atom stereocenters. The number of hydrogen-bond acceptors (Lipinski definition) is 1. The van der Waals surface area contributed by atoms with Gasteiger partial charge in [0.2, 0.25) is 0 Å². The van der Waals surface area contributed by atoms with Crippen LogP contribution in [-0.2, 0) is 0 Å². The minimum Gasteiger partial charge on any atom is -0.453 e. The summed E-state index contributed by atoms with van der Waals surface area (Å²) in [5.41, 5.74) is -0.577. The molecule has 7 heteroatoms. The Bertz CT molecular complexity index is 1210. The summed E-state index contributed by atoms with van der Waals surface area (Å²) < 4.78 is 92.3. The average Bonchev–Trinajstić information content (AvgIpc) is 2.85. The molecule has 0 aliphatic heterocycles. The molecule has 0 bridgehead atoms. The normalized spacial score (nSPS) is 18.1. The van der Waals surface area contributed by atoms with Crippen molar-refractivity contribution in [3.05, 3.63) is 82.4 Å². The van der Waals surface area contributed by atoms with Crippen LogP contribution in [0.3, 0.4) is 0 Å². The molecule has 1 nitrogen and oxygen atoms in total. The quantitative estimate of drug-likeness (QED) is 0.189. The van der Waals surface area contributed by atoms with Gasteiger partial charge in [-0.1, -0.05) is 38.0 Å². The minimum atomic E-state index is -1.62. The van der Waals surface area contributed by atoms with Crippen LogP contribution in [0.15, 0.2) is 36.4 Å². The number of halogens is 6. The van der Waals surface area contributed by atoms with E-state index in [-0.39, 0.29) is 22.4 Å². The number of para-hydroxylation sites is 1. The third-order valence-electron chi connectivity index (χ3n) is 6.88. The Morgan fingerprint density at radius 2 is 1.43 bits per heavy atom. The summed E-state index contributed by atoms with van der Waals surface area (Å²) in [7, 11) is 0. The summed E-state index contributed by atoms with van der Waals surface area (Å²) >= 11 is 0. The topological polar surface area (TPSA) is 9.23 Å². The lowest BCUT2D eigenvalue weighted by molar-refractivity contribution is 0.295. The van der Waals surface area contributed by atoms with Gasteiger partial charge in [-0.15, -0.1) is 0 Å².